The Morgan fingerprint density at radius 3 is 1.44 bits per heavy atom. The number of aromatic nitrogens is 2. The first kappa shape index (κ1) is 34.1. The van der Waals surface area contributed by atoms with E-state index in [9.17, 15) is 0 Å². The zero-order chi connectivity index (χ0) is 41.0. The van der Waals surface area contributed by atoms with Crippen molar-refractivity contribution >= 4 is 20.9 Å². The van der Waals surface area contributed by atoms with Gasteiger partial charge in [-0.15, -0.1) is 0 Å². The van der Waals surface area contributed by atoms with Crippen molar-refractivity contribution in [1.29, 1.82) is 0 Å². The van der Waals surface area contributed by atoms with E-state index in [1.165, 1.54) is 55.6 Å². The van der Waals surface area contributed by atoms with Gasteiger partial charge >= 0.3 is 0 Å². The molecule has 1 aromatic heterocycles. The van der Waals surface area contributed by atoms with E-state index in [1.54, 1.807) is 12.1 Å². The van der Waals surface area contributed by atoms with E-state index in [2.05, 4.69) is 144 Å². The molecule has 10 aromatic rings. The van der Waals surface area contributed by atoms with Crippen LogP contribution in [0.25, 0.3) is 61.5 Å². The van der Waals surface area contributed by atoms with Crippen molar-refractivity contribution in [3.8, 4) is 50.5 Å². The molecule has 0 saturated heterocycles. The summed E-state index contributed by atoms with van der Waals surface area (Å²) in [4.78, 5) is 5.61. The number of hydrogen-bond donors (Lipinski definition) is 0. The molecule has 3 aliphatic carbocycles. The van der Waals surface area contributed by atoms with Crippen LogP contribution in [0.15, 0.2) is 216 Å². The van der Waals surface area contributed by atoms with E-state index in [-0.39, 0.29) is 4.90 Å². The molecule has 1 aliphatic heterocycles. The molecule has 0 atom stereocenters. The number of imidazole rings is 1. The summed E-state index contributed by atoms with van der Waals surface area (Å²) in [6.07, 6.45) is 0. The minimum absolute atomic E-state index is 0.271. The maximum Gasteiger partial charge on any atom is 0.211 e. The highest BCUT2D eigenvalue weighted by Crippen LogP contribution is 2.67. The van der Waals surface area contributed by atoms with Crippen LogP contribution in [0.3, 0.4) is 0 Å². The van der Waals surface area contributed by atoms with E-state index in [0.29, 0.717) is 33.0 Å². The van der Waals surface area contributed by atoms with Crippen LogP contribution in [-0.2, 0) is 20.7 Å². The standard InChI is InChI=1S/C57H34N2O2S/c60-62(61)52-31-15-29-50-53(52)59(55(58-50)35-16-2-1-3-17-35)51-30-14-21-37(54(51)62)36-32-33-41-40-20-6-9-24-44(40)57(49(41)34-36)47-27-12-10-25-45(47)56(46-26-11-13-28-48(46)57)42-22-7-4-18-38(42)39-19-5-8-23-43(39)56/h1-34H. The second kappa shape index (κ2) is 11.8. The van der Waals surface area contributed by atoms with Gasteiger partial charge in [0, 0.05) is 11.1 Å². The molecule has 14 rings (SSSR count). The number of fused-ring (bicyclic) bond motifs is 18. The molecule has 62 heavy (non-hydrogen) atoms. The summed E-state index contributed by atoms with van der Waals surface area (Å²) < 4.78 is 32.4. The van der Waals surface area contributed by atoms with Gasteiger partial charge in [-0.2, -0.15) is 0 Å². The lowest BCUT2D eigenvalue weighted by atomic mass is 9.52. The third-order valence-electron chi connectivity index (χ3n) is 14.2. The molecule has 9 aromatic carbocycles. The minimum Gasteiger partial charge on any atom is -0.290 e. The topological polar surface area (TPSA) is 52.0 Å². The van der Waals surface area contributed by atoms with Crippen LogP contribution >= 0.6 is 0 Å². The highest BCUT2D eigenvalue weighted by atomic mass is 32.2. The molecular weight excluding hydrogens is 777 g/mol. The van der Waals surface area contributed by atoms with Crippen molar-refractivity contribution in [3.63, 3.8) is 0 Å². The number of sulfone groups is 1. The Hall–Kier alpha value is -7.60. The molecule has 4 aliphatic rings. The zero-order valence-corrected chi connectivity index (χ0v) is 34.1. The van der Waals surface area contributed by atoms with E-state index >= 15 is 8.42 Å². The molecule has 0 bridgehead atoms. The maximum atomic E-state index is 15.2. The van der Waals surface area contributed by atoms with Gasteiger partial charge in [-0.05, 0) is 96.6 Å². The first-order valence-corrected chi connectivity index (χ1v) is 22.6. The van der Waals surface area contributed by atoms with Gasteiger partial charge in [0.15, 0.2) is 0 Å². The summed E-state index contributed by atoms with van der Waals surface area (Å²) in [6, 6.07) is 72.8. The summed E-state index contributed by atoms with van der Waals surface area (Å²) >= 11 is 0. The molecule has 290 valence electrons. The summed E-state index contributed by atoms with van der Waals surface area (Å²) in [6.45, 7) is 0. The van der Waals surface area contributed by atoms with Gasteiger partial charge in [-0.3, -0.25) is 4.57 Å². The van der Waals surface area contributed by atoms with Crippen LogP contribution in [0.4, 0.5) is 0 Å². The molecule has 0 N–H and O–H groups in total. The second-order valence-electron chi connectivity index (χ2n) is 16.9. The third-order valence-corrected chi connectivity index (χ3v) is 16.1. The predicted octanol–water partition coefficient (Wildman–Crippen LogP) is 12.5. The minimum atomic E-state index is -3.99. The molecule has 0 amide bonds. The normalized spacial score (nSPS) is 15.6. The summed E-state index contributed by atoms with van der Waals surface area (Å²) in [5, 5.41) is 0. The number of benzene rings is 9. The first-order chi connectivity index (χ1) is 30.5. The molecule has 0 saturated carbocycles. The van der Waals surface area contributed by atoms with Crippen molar-refractivity contribution in [3.05, 3.63) is 251 Å². The smallest absolute Gasteiger partial charge is 0.211 e. The van der Waals surface area contributed by atoms with Gasteiger partial charge in [-0.25, -0.2) is 13.4 Å². The first-order valence-electron chi connectivity index (χ1n) is 21.1. The summed E-state index contributed by atoms with van der Waals surface area (Å²) in [7, 11) is -3.99. The number of nitrogens with zero attached hydrogens (tertiary/aromatic N) is 2. The van der Waals surface area contributed by atoms with Crippen molar-refractivity contribution in [2.24, 2.45) is 0 Å². The van der Waals surface area contributed by atoms with Crippen LogP contribution in [0.1, 0.15) is 44.5 Å². The Kier molecular flexibility index (Phi) is 6.51. The van der Waals surface area contributed by atoms with Gasteiger partial charge in [-0.1, -0.05) is 182 Å². The van der Waals surface area contributed by atoms with Gasteiger partial charge < -0.3 is 0 Å². The fourth-order valence-corrected chi connectivity index (χ4v) is 13.9. The maximum absolute atomic E-state index is 15.2. The number of hydrogen-bond acceptors (Lipinski definition) is 3. The van der Waals surface area contributed by atoms with E-state index in [0.717, 1.165) is 22.3 Å². The Morgan fingerprint density at radius 1 is 0.387 bits per heavy atom. The molecule has 2 heterocycles. The number of para-hydroxylation sites is 1. The lowest BCUT2D eigenvalue weighted by Gasteiger charge is -2.48. The van der Waals surface area contributed by atoms with Gasteiger partial charge in [0.1, 0.15) is 10.7 Å². The summed E-state index contributed by atoms with van der Waals surface area (Å²) in [5.74, 6) is 0.712. The quantitative estimate of drug-likeness (QED) is 0.175. The van der Waals surface area contributed by atoms with Gasteiger partial charge in [0.25, 0.3) is 0 Å². The van der Waals surface area contributed by atoms with Gasteiger partial charge in [0.2, 0.25) is 9.84 Å². The van der Waals surface area contributed by atoms with E-state index < -0.39 is 20.7 Å². The van der Waals surface area contributed by atoms with Crippen LogP contribution in [0.5, 0.6) is 0 Å². The molecule has 4 nitrogen and oxygen atoms in total. The van der Waals surface area contributed by atoms with Crippen molar-refractivity contribution in [2.45, 2.75) is 20.6 Å². The Morgan fingerprint density at radius 2 is 0.855 bits per heavy atom. The average molecular weight is 811 g/mol. The zero-order valence-electron chi connectivity index (χ0n) is 33.2. The highest BCUT2D eigenvalue weighted by molar-refractivity contribution is 7.92. The van der Waals surface area contributed by atoms with Crippen LogP contribution in [0, 0.1) is 0 Å². The van der Waals surface area contributed by atoms with E-state index in [4.69, 9.17) is 4.98 Å². The fourth-order valence-electron chi connectivity index (χ4n) is 12.1. The SMILES string of the molecule is O=S1(=O)c2c(-c3ccc4c(c3)C3(c5ccccc5-4)c4ccccc4C4(c5ccccc5-c5ccccc54)c4ccccc43)cccc2-n2c(-c3ccccc3)nc3cccc1c32. The van der Waals surface area contributed by atoms with Gasteiger partial charge in [0.05, 0.1) is 32.4 Å². The van der Waals surface area contributed by atoms with Crippen LogP contribution < -0.4 is 0 Å². The second-order valence-corrected chi connectivity index (χ2v) is 18.8. The van der Waals surface area contributed by atoms with Crippen LogP contribution in [-0.4, -0.2) is 18.0 Å². The van der Waals surface area contributed by atoms with Crippen molar-refractivity contribution in [1.82, 2.24) is 9.55 Å². The largest absolute Gasteiger partial charge is 0.290 e. The fraction of sp³-hybridized carbons (Fsp3) is 0.0351. The molecule has 2 spiro atoms. The summed E-state index contributed by atoms with van der Waals surface area (Å²) in [5.41, 5.74) is 17.9. The lowest BCUT2D eigenvalue weighted by molar-refractivity contribution is 0.595. The molecular formula is C57H34N2O2S. The monoisotopic (exact) mass is 810 g/mol. The molecule has 0 unspecified atom stereocenters. The van der Waals surface area contributed by atoms with E-state index in [1.807, 2.05) is 54.6 Å². The van der Waals surface area contributed by atoms with Crippen molar-refractivity contribution < 1.29 is 8.42 Å². The third kappa shape index (κ3) is 3.90. The van der Waals surface area contributed by atoms with Crippen LogP contribution in [0.2, 0.25) is 0 Å². The Bertz CT molecular complexity index is 3640. The molecule has 0 fully saturated rings. The molecule has 0 radical (unpaired) electrons. The van der Waals surface area contributed by atoms with Crippen molar-refractivity contribution in [2.75, 3.05) is 0 Å². The lowest BCUT2D eigenvalue weighted by Crippen LogP contribution is -2.43. The predicted molar refractivity (Wildman–Crippen MR) is 246 cm³/mol. The number of rotatable bonds is 2. The molecule has 5 heteroatoms. The Balaban J connectivity index is 1.08. The highest BCUT2D eigenvalue weighted by Gasteiger charge is 2.59. The Labute approximate surface area is 359 Å². The average Bonchev–Trinajstić information content (AvgIpc) is 3.96.